The van der Waals surface area contributed by atoms with Crippen LogP contribution in [0.25, 0.3) is 11.1 Å². The molecule has 0 saturated carbocycles. The van der Waals surface area contributed by atoms with Crippen LogP contribution in [-0.2, 0) is 0 Å². The van der Waals surface area contributed by atoms with Gasteiger partial charge in [0.1, 0.15) is 0 Å². The Bertz CT molecular complexity index is 578. The fourth-order valence-corrected chi connectivity index (χ4v) is 1.14. The quantitative estimate of drug-likeness (QED) is 0.650. The summed E-state index contributed by atoms with van der Waals surface area (Å²) in [5.41, 5.74) is 0.745. The second kappa shape index (κ2) is 3.63. The van der Waals surface area contributed by atoms with Gasteiger partial charge < -0.3 is 0 Å². The van der Waals surface area contributed by atoms with Crippen molar-refractivity contribution in [3.63, 3.8) is 0 Å². The maximum atomic E-state index is 7.82. The number of hydrogen-bond donors (Lipinski definition) is 0. The average Bonchev–Trinajstić information content (AvgIpc) is 2.36. The van der Waals surface area contributed by atoms with E-state index in [1.807, 2.05) is 0 Å². The Balaban J connectivity index is 2.75. The first kappa shape index (κ1) is 4.30. The first-order chi connectivity index (χ1) is 8.43. The highest BCUT2D eigenvalue weighted by molar-refractivity contribution is 6.30. The number of hydrogen-bond acceptors (Lipinski definition) is 0. The van der Waals surface area contributed by atoms with Crippen LogP contribution in [0.1, 0.15) is 6.85 Å². The zero-order valence-corrected chi connectivity index (χ0v) is 7.44. The lowest BCUT2D eigenvalue weighted by molar-refractivity contribution is 1.62. The Kier molecular flexibility index (Phi) is 1.20. The molecule has 0 unspecified atom stereocenters. The van der Waals surface area contributed by atoms with Gasteiger partial charge in [-0.1, -0.05) is 53.9 Å². The van der Waals surface area contributed by atoms with Gasteiger partial charge in [0.05, 0.1) is 6.85 Å². The fourth-order valence-electron chi connectivity index (χ4n) is 1.01. The molecule has 0 nitrogen and oxygen atoms in total. The van der Waals surface area contributed by atoms with Gasteiger partial charge in [-0.2, -0.15) is 0 Å². The molecule has 2 aromatic rings. The minimum Gasteiger partial charge on any atom is -0.0843 e. The Labute approximate surface area is 89.8 Å². The van der Waals surface area contributed by atoms with Crippen LogP contribution in [0.3, 0.4) is 0 Å². The van der Waals surface area contributed by atoms with E-state index in [9.17, 15) is 0 Å². The van der Waals surface area contributed by atoms with E-state index in [0.717, 1.165) is 0 Å². The van der Waals surface area contributed by atoms with Crippen LogP contribution < -0.4 is 0 Å². The number of rotatable bonds is 1. The van der Waals surface area contributed by atoms with E-state index in [4.69, 9.17) is 18.5 Å². The lowest BCUT2D eigenvalue weighted by Gasteiger charge is -2.00. The van der Waals surface area contributed by atoms with Crippen molar-refractivity contribution >= 4 is 11.6 Å². The molecule has 0 aromatic heterocycles. The third kappa shape index (κ3) is 1.90. The molecule has 2 rings (SSSR count). The molecule has 0 aliphatic rings. The van der Waals surface area contributed by atoms with Crippen LogP contribution >= 0.6 is 11.6 Å². The first-order valence-corrected chi connectivity index (χ1v) is 4.14. The largest absolute Gasteiger partial charge is 0.0843 e. The highest BCUT2D eigenvalue weighted by atomic mass is 35.5. The minimum absolute atomic E-state index is 0.192. The topological polar surface area (TPSA) is 0 Å². The molecule has 0 atom stereocenters. The van der Waals surface area contributed by atoms with E-state index >= 15 is 0 Å². The average molecular weight is 199 g/mol. The summed E-state index contributed by atoms with van der Waals surface area (Å²) in [5.74, 6) is 0. The molecular formula is C12H9Cl. The summed E-state index contributed by atoms with van der Waals surface area (Å²) in [6, 6.07) is 5.05. The molecule has 0 saturated heterocycles. The van der Waals surface area contributed by atoms with Crippen LogP contribution in [-0.4, -0.2) is 0 Å². The fraction of sp³-hybridized carbons (Fsp3) is 0. The van der Waals surface area contributed by atoms with Gasteiger partial charge in [-0.25, -0.2) is 0 Å². The predicted molar refractivity (Wildman–Crippen MR) is 56.9 cm³/mol. The summed E-state index contributed by atoms with van der Waals surface area (Å²) in [7, 11) is 0. The number of halogens is 1. The maximum absolute atomic E-state index is 7.82. The molecule has 0 spiro atoms. The number of benzene rings is 2. The van der Waals surface area contributed by atoms with Crippen molar-refractivity contribution in [2.24, 2.45) is 0 Å². The summed E-state index contributed by atoms with van der Waals surface area (Å²) < 4.78 is 38.3. The monoisotopic (exact) mass is 198 g/mol. The van der Waals surface area contributed by atoms with E-state index in [-0.39, 0.29) is 35.8 Å². The van der Waals surface area contributed by atoms with E-state index in [1.165, 1.54) is 0 Å². The lowest BCUT2D eigenvalue weighted by atomic mass is 10.1. The molecule has 0 bridgehead atoms. The second-order valence-electron chi connectivity index (χ2n) is 2.51. The van der Waals surface area contributed by atoms with Crippen LogP contribution in [0, 0.1) is 0 Å². The van der Waals surface area contributed by atoms with Gasteiger partial charge >= 0.3 is 0 Å². The molecule has 0 fully saturated rings. The lowest BCUT2D eigenvalue weighted by Crippen LogP contribution is -1.74. The van der Waals surface area contributed by atoms with Crippen LogP contribution in [0.4, 0.5) is 0 Å². The third-order valence-electron chi connectivity index (χ3n) is 1.63. The van der Waals surface area contributed by atoms with Crippen molar-refractivity contribution in [3.05, 3.63) is 59.5 Å². The summed E-state index contributed by atoms with van der Waals surface area (Å²) in [6.07, 6.45) is 0. The van der Waals surface area contributed by atoms with Gasteiger partial charge in [0.15, 0.2) is 0 Å². The van der Waals surface area contributed by atoms with Gasteiger partial charge in [-0.05, 0) is 23.3 Å². The van der Waals surface area contributed by atoms with E-state index in [0.29, 0.717) is 10.6 Å². The summed E-state index contributed by atoms with van der Waals surface area (Å²) in [4.78, 5) is 0. The van der Waals surface area contributed by atoms with Crippen LogP contribution in [0.2, 0.25) is 5.02 Å². The van der Waals surface area contributed by atoms with E-state index in [1.54, 1.807) is 24.3 Å². The first-order valence-electron chi connectivity index (χ1n) is 6.26. The Morgan fingerprint density at radius 3 is 2.08 bits per heavy atom. The Morgan fingerprint density at radius 2 is 1.46 bits per heavy atom. The molecule has 64 valence electrons. The predicted octanol–water partition coefficient (Wildman–Crippen LogP) is 4.01. The zero-order chi connectivity index (χ0) is 13.4. The Morgan fingerprint density at radius 1 is 0.846 bits per heavy atom. The van der Waals surface area contributed by atoms with Crippen molar-refractivity contribution < 1.29 is 6.85 Å². The molecule has 0 heterocycles. The van der Waals surface area contributed by atoms with Crippen LogP contribution in [0.5, 0.6) is 0 Å². The second-order valence-corrected chi connectivity index (χ2v) is 2.94. The normalized spacial score (nSPS) is 15.3. The molecule has 0 radical (unpaired) electrons. The van der Waals surface area contributed by atoms with Gasteiger partial charge in [-0.15, -0.1) is 0 Å². The van der Waals surface area contributed by atoms with Gasteiger partial charge in [0.2, 0.25) is 0 Å². The van der Waals surface area contributed by atoms with Crippen molar-refractivity contribution in [1.82, 2.24) is 0 Å². The van der Waals surface area contributed by atoms with Crippen molar-refractivity contribution in [3.8, 4) is 11.1 Å². The van der Waals surface area contributed by atoms with Crippen LogP contribution in [0.15, 0.2) is 54.5 Å². The third-order valence-corrected chi connectivity index (χ3v) is 1.88. The molecule has 1 heteroatoms. The zero-order valence-electron chi connectivity index (χ0n) is 11.7. The molecule has 0 aliphatic heterocycles. The van der Waals surface area contributed by atoms with E-state index < -0.39 is 0 Å². The van der Waals surface area contributed by atoms with E-state index in [2.05, 4.69) is 0 Å². The highest BCUT2D eigenvalue weighted by Gasteiger charge is 1.94. The summed E-state index contributed by atoms with van der Waals surface area (Å²) >= 11 is 5.77. The Hall–Kier alpha value is -1.27. The minimum atomic E-state index is -0.386. The van der Waals surface area contributed by atoms with Crippen molar-refractivity contribution in [2.45, 2.75) is 0 Å². The molecule has 0 N–H and O–H groups in total. The molecular weight excluding hydrogens is 180 g/mol. The van der Waals surface area contributed by atoms with Gasteiger partial charge in [0, 0.05) is 5.02 Å². The van der Waals surface area contributed by atoms with Crippen molar-refractivity contribution in [2.75, 3.05) is 0 Å². The maximum Gasteiger partial charge on any atom is 0.0629 e. The SMILES string of the molecule is [3H]c1c([3H])c([3H])c(-c2ccc(Cl)cc2)c([3H])c1[3H]. The smallest absolute Gasteiger partial charge is 0.0629 e. The molecule has 13 heavy (non-hydrogen) atoms. The molecule has 0 amide bonds. The summed E-state index contributed by atoms with van der Waals surface area (Å²) in [6.45, 7) is 0. The molecule has 2 aromatic carbocycles. The van der Waals surface area contributed by atoms with Crippen molar-refractivity contribution in [1.29, 1.82) is 0 Å². The summed E-state index contributed by atoms with van der Waals surface area (Å²) in [5, 5.41) is 0.533. The molecule has 0 aliphatic carbocycles. The van der Waals surface area contributed by atoms with Gasteiger partial charge in [-0.3, -0.25) is 0 Å². The van der Waals surface area contributed by atoms with Gasteiger partial charge in [0.25, 0.3) is 0 Å². The highest BCUT2D eigenvalue weighted by Crippen LogP contribution is 2.20. The standard InChI is InChI=1S/C12H9Cl/c13-12-8-6-11(7-9-12)10-4-2-1-3-5-10/h1-9H/i1T,2T,3T,4T,5T.